The van der Waals surface area contributed by atoms with Crippen LogP contribution in [0.3, 0.4) is 0 Å². The molecule has 1 nitrogen and oxygen atoms in total. The van der Waals surface area contributed by atoms with Crippen LogP contribution >= 0.6 is 0 Å². The largest absolute Gasteiger partial charge is 0.307 e. The van der Waals surface area contributed by atoms with Crippen molar-refractivity contribution in [1.82, 2.24) is 5.32 Å². The van der Waals surface area contributed by atoms with Gasteiger partial charge in [-0.15, -0.1) is 0 Å². The molecule has 0 amide bonds. The van der Waals surface area contributed by atoms with Crippen LogP contribution in [0.4, 0.5) is 8.78 Å². The van der Waals surface area contributed by atoms with Crippen LogP contribution < -0.4 is 5.32 Å². The van der Waals surface area contributed by atoms with Gasteiger partial charge in [0, 0.05) is 12.1 Å². The highest BCUT2D eigenvalue weighted by atomic mass is 19.1. The molecule has 20 heavy (non-hydrogen) atoms. The van der Waals surface area contributed by atoms with Gasteiger partial charge >= 0.3 is 0 Å². The van der Waals surface area contributed by atoms with Crippen LogP contribution in [0.1, 0.15) is 31.0 Å². The molecule has 2 aromatic rings. The smallest absolute Gasteiger partial charge is 0.123 e. The molecule has 0 aliphatic carbocycles. The van der Waals surface area contributed by atoms with Gasteiger partial charge in [0.05, 0.1) is 0 Å². The van der Waals surface area contributed by atoms with Gasteiger partial charge in [-0.05, 0) is 55.7 Å². The highest BCUT2D eigenvalue weighted by molar-refractivity contribution is 5.20. The first-order valence-electron chi connectivity index (χ1n) is 6.80. The van der Waals surface area contributed by atoms with Gasteiger partial charge in [0.15, 0.2) is 0 Å². The third-order valence-electron chi connectivity index (χ3n) is 3.36. The van der Waals surface area contributed by atoms with Crippen LogP contribution in [-0.4, -0.2) is 6.04 Å². The molecule has 0 aliphatic heterocycles. The van der Waals surface area contributed by atoms with Crippen LogP contribution in [0.2, 0.25) is 0 Å². The lowest BCUT2D eigenvalue weighted by molar-refractivity contribution is 0.476. The molecule has 3 heteroatoms. The van der Waals surface area contributed by atoms with E-state index in [2.05, 4.69) is 12.2 Å². The highest BCUT2D eigenvalue weighted by Crippen LogP contribution is 2.15. The van der Waals surface area contributed by atoms with Crippen LogP contribution in [-0.2, 0) is 6.42 Å². The van der Waals surface area contributed by atoms with Gasteiger partial charge < -0.3 is 5.32 Å². The van der Waals surface area contributed by atoms with Gasteiger partial charge in [0.1, 0.15) is 11.6 Å². The minimum Gasteiger partial charge on any atom is -0.307 e. The first-order chi connectivity index (χ1) is 9.54. The molecule has 0 fully saturated rings. The summed E-state index contributed by atoms with van der Waals surface area (Å²) in [4.78, 5) is 0. The zero-order chi connectivity index (χ0) is 14.5. The van der Waals surface area contributed by atoms with Gasteiger partial charge in [-0.1, -0.05) is 24.3 Å². The van der Waals surface area contributed by atoms with E-state index in [0.29, 0.717) is 0 Å². The Morgan fingerprint density at radius 3 is 1.90 bits per heavy atom. The summed E-state index contributed by atoms with van der Waals surface area (Å²) in [6, 6.07) is 13.5. The summed E-state index contributed by atoms with van der Waals surface area (Å²) >= 11 is 0. The Hall–Kier alpha value is -1.74. The van der Waals surface area contributed by atoms with Crippen molar-refractivity contribution in [1.29, 1.82) is 0 Å². The quantitative estimate of drug-likeness (QED) is 0.860. The number of benzene rings is 2. The fourth-order valence-corrected chi connectivity index (χ4v) is 2.31. The Labute approximate surface area is 118 Å². The molecule has 2 atom stereocenters. The topological polar surface area (TPSA) is 12.0 Å². The lowest BCUT2D eigenvalue weighted by atomic mass is 10.0. The molecule has 1 N–H and O–H groups in total. The average Bonchev–Trinajstić information content (AvgIpc) is 2.42. The second-order valence-corrected chi connectivity index (χ2v) is 5.17. The van der Waals surface area contributed by atoms with Crippen LogP contribution in [0.5, 0.6) is 0 Å². The summed E-state index contributed by atoms with van der Waals surface area (Å²) in [6.45, 7) is 4.14. The van der Waals surface area contributed by atoms with Crippen molar-refractivity contribution in [3.8, 4) is 0 Å². The van der Waals surface area contributed by atoms with E-state index < -0.39 is 0 Å². The van der Waals surface area contributed by atoms with Gasteiger partial charge in [-0.3, -0.25) is 0 Å². The Kier molecular flexibility index (Phi) is 4.85. The Bertz CT molecular complexity index is 534. The number of hydrogen-bond acceptors (Lipinski definition) is 1. The number of nitrogens with one attached hydrogen (secondary N) is 1. The summed E-state index contributed by atoms with van der Waals surface area (Å²) in [5.74, 6) is -0.436. The molecule has 2 rings (SSSR count). The van der Waals surface area contributed by atoms with Crippen molar-refractivity contribution in [2.45, 2.75) is 32.4 Å². The maximum absolute atomic E-state index is 12.9. The number of rotatable bonds is 5. The molecule has 0 radical (unpaired) electrons. The molecular weight excluding hydrogens is 256 g/mol. The minimum atomic E-state index is -0.222. The third kappa shape index (κ3) is 4.14. The maximum atomic E-state index is 12.9. The Morgan fingerprint density at radius 1 is 0.850 bits per heavy atom. The van der Waals surface area contributed by atoms with E-state index in [1.54, 1.807) is 24.3 Å². The number of hydrogen-bond donors (Lipinski definition) is 1. The zero-order valence-corrected chi connectivity index (χ0v) is 11.7. The Balaban J connectivity index is 1.92. The van der Waals surface area contributed by atoms with E-state index >= 15 is 0 Å². The molecule has 0 bridgehead atoms. The molecule has 0 saturated heterocycles. The van der Waals surface area contributed by atoms with E-state index in [-0.39, 0.29) is 23.7 Å². The third-order valence-corrected chi connectivity index (χ3v) is 3.36. The summed E-state index contributed by atoms with van der Waals surface area (Å²) < 4.78 is 25.7. The van der Waals surface area contributed by atoms with E-state index in [1.165, 1.54) is 24.3 Å². The van der Waals surface area contributed by atoms with Gasteiger partial charge in [-0.2, -0.15) is 0 Å². The normalized spacial score (nSPS) is 14.0. The minimum absolute atomic E-state index is 0.144. The fourth-order valence-electron chi connectivity index (χ4n) is 2.31. The lowest BCUT2D eigenvalue weighted by Gasteiger charge is -2.20. The number of halogens is 2. The van der Waals surface area contributed by atoms with Crippen LogP contribution in [0, 0.1) is 11.6 Å². The monoisotopic (exact) mass is 275 g/mol. The summed E-state index contributed by atoms with van der Waals surface area (Å²) in [6.07, 6.45) is 0.825. The second kappa shape index (κ2) is 6.62. The van der Waals surface area contributed by atoms with E-state index in [9.17, 15) is 8.78 Å². The SMILES string of the molecule is CC(Cc1ccc(F)cc1)N[C@@H](C)c1ccc(F)cc1. The lowest BCUT2D eigenvalue weighted by Crippen LogP contribution is -2.30. The van der Waals surface area contributed by atoms with Crippen molar-refractivity contribution in [2.24, 2.45) is 0 Å². The van der Waals surface area contributed by atoms with Crippen LogP contribution in [0.25, 0.3) is 0 Å². The standard InChI is InChI=1S/C17H19F2N/c1-12(11-14-3-7-16(18)8-4-14)20-13(2)15-5-9-17(19)10-6-15/h3-10,12-13,20H,11H2,1-2H3/t12?,13-/m0/s1. The van der Waals surface area contributed by atoms with Gasteiger partial charge in [-0.25, -0.2) is 8.78 Å². The van der Waals surface area contributed by atoms with Crippen molar-refractivity contribution in [2.75, 3.05) is 0 Å². The average molecular weight is 275 g/mol. The summed E-state index contributed by atoms with van der Waals surface area (Å²) in [5.41, 5.74) is 2.15. The Morgan fingerprint density at radius 2 is 1.35 bits per heavy atom. The van der Waals surface area contributed by atoms with Crippen molar-refractivity contribution < 1.29 is 8.78 Å². The van der Waals surface area contributed by atoms with Crippen molar-refractivity contribution in [3.05, 3.63) is 71.3 Å². The summed E-state index contributed by atoms with van der Waals surface area (Å²) in [7, 11) is 0. The molecule has 0 aromatic heterocycles. The van der Waals surface area contributed by atoms with Crippen molar-refractivity contribution >= 4 is 0 Å². The van der Waals surface area contributed by atoms with Crippen molar-refractivity contribution in [3.63, 3.8) is 0 Å². The van der Waals surface area contributed by atoms with E-state index in [0.717, 1.165) is 17.5 Å². The molecule has 106 valence electrons. The predicted octanol–water partition coefficient (Wildman–Crippen LogP) is 4.25. The molecular formula is C17H19F2N. The summed E-state index contributed by atoms with van der Waals surface area (Å²) in [5, 5.41) is 3.46. The zero-order valence-electron chi connectivity index (χ0n) is 11.7. The second-order valence-electron chi connectivity index (χ2n) is 5.17. The van der Waals surface area contributed by atoms with Gasteiger partial charge in [0.25, 0.3) is 0 Å². The highest BCUT2D eigenvalue weighted by Gasteiger charge is 2.10. The molecule has 0 spiro atoms. The van der Waals surface area contributed by atoms with Crippen LogP contribution in [0.15, 0.2) is 48.5 Å². The van der Waals surface area contributed by atoms with E-state index in [1.807, 2.05) is 6.92 Å². The molecule has 0 heterocycles. The molecule has 2 aromatic carbocycles. The first-order valence-corrected chi connectivity index (χ1v) is 6.80. The molecule has 0 aliphatic rings. The predicted molar refractivity (Wildman–Crippen MR) is 77.5 cm³/mol. The fraction of sp³-hybridized carbons (Fsp3) is 0.294. The van der Waals surface area contributed by atoms with E-state index in [4.69, 9.17) is 0 Å². The molecule has 0 saturated carbocycles. The first kappa shape index (κ1) is 14.7. The maximum Gasteiger partial charge on any atom is 0.123 e. The molecule has 1 unspecified atom stereocenters. The van der Waals surface area contributed by atoms with Gasteiger partial charge in [0.2, 0.25) is 0 Å².